The third-order valence-corrected chi connectivity index (χ3v) is 2.69. The van der Waals surface area contributed by atoms with Gasteiger partial charge >= 0.3 is 0 Å². The Morgan fingerprint density at radius 2 is 1.61 bits per heavy atom. The molecule has 0 aromatic heterocycles. The third kappa shape index (κ3) is 2.14. The molecule has 18 heavy (non-hydrogen) atoms. The third-order valence-electron chi connectivity index (χ3n) is 2.69. The van der Waals surface area contributed by atoms with E-state index in [0.717, 1.165) is 17.7 Å². The van der Waals surface area contributed by atoms with Crippen molar-refractivity contribution in [2.24, 2.45) is 0 Å². The number of aldehydes is 1. The van der Waals surface area contributed by atoms with Gasteiger partial charge in [0, 0.05) is 5.56 Å². The molecule has 92 valence electrons. The highest BCUT2D eigenvalue weighted by molar-refractivity contribution is 5.80. The molecule has 2 aromatic carbocycles. The van der Waals surface area contributed by atoms with Crippen LogP contribution in [0.25, 0.3) is 11.1 Å². The number of hydrogen-bond donors (Lipinski definition) is 0. The van der Waals surface area contributed by atoms with Crippen LogP contribution in [0.2, 0.25) is 0 Å². The number of rotatable bonds is 2. The minimum Gasteiger partial charge on any atom is -0.298 e. The fourth-order valence-corrected chi connectivity index (χ4v) is 1.73. The highest BCUT2D eigenvalue weighted by atomic mass is 19.2. The molecule has 4 heteroatoms. The summed E-state index contributed by atoms with van der Waals surface area (Å²) in [6.45, 7) is 1.74. The topological polar surface area (TPSA) is 17.1 Å². The number of hydrogen-bond acceptors (Lipinski definition) is 1. The van der Waals surface area contributed by atoms with E-state index in [2.05, 4.69) is 0 Å². The predicted octanol–water partition coefficient (Wildman–Crippen LogP) is 3.89. The Hall–Kier alpha value is -2.10. The molecule has 0 saturated carbocycles. The molecule has 0 N–H and O–H groups in total. The molecule has 0 aliphatic heterocycles. The SMILES string of the molecule is Cc1ccc(C=O)cc1-c1cc(F)c(F)c(F)c1. The van der Waals surface area contributed by atoms with Gasteiger partial charge in [-0.05, 0) is 41.8 Å². The summed E-state index contributed by atoms with van der Waals surface area (Å²) in [5, 5.41) is 0. The Morgan fingerprint density at radius 1 is 1.00 bits per heavy atom. The van der Waals surface area contributed by atoms with Crippen LogP contribution in [0.5, 0.6) is 0 Å². The van der Waals surface area contributed by atoms with Crippen LogP contribution in [0.3, 0.4) is 0 Å². The number of carbonyl (C=O) groups is 1. The Bertz CT molecular complexity index is 597. The lowest BCUT2D eigenvalue weighted by atomic mass is 9.98. The average Bonchev–Trinajstić information content (AvgIpc) is 2.36. The molecule has 0 heterocycles. The zero-order valence-electron chi connectivity index (χ0n) is 9.51. The Balaban J connectivity index is 2.65. The lowest BCUT2D eigenvalue weighted by Crippen LogP contribution is -1.94. The second kappa shape index (κ2) is 4.64. The fraction of sp³-hybridized carbons (Fsp3) is 0.0714. The quantitative estimate of drug-likeness (QED) is 0.583. The molecule has 0 aliphatic rings. The number of halogens is 3. The van der Waals surface area contributed by atoms with Gasteiger partial charge in [-0.1, -0.05) is 12.1 Å². The lowest BCUT2D eigenvalue weighted by Gasteiger charge is -2.08. The van der Waals surface area contributed by atoms with E-state index in [0.29, 0.717) is 17.4 Å². The summed E-state index contributed by atoms with van der Waals surface area (Å²) < 4.78 is 39.2. The van der Waals surface area contributed by atoms with E-state index in [1.165, 1.54) is 6.07 Å². The summed E-state index contributed by atoms with van der Waals surface area (Å²) in [6.07, 6.45) is 0.638. The minimum atomic E-state index is -1.50. The van der Waals surface area contributed by atoms with Gasteiger partial charge in [0.05, 0.1) is 0 Å². The maximum atomic E-state index is 13.2. The van der Waals surface area contributed by atoms with Gasteiger partial charge in [-0.3, -0.25) is 4.79 Å². The van der Waals surface area contributed by atoms with Crippen molar-refractivity contribution in [2.75, 3.05) is 0 Å². The summed E-state index contributed by atoms with van der Waals surface area (Å²) in [7, 11) is 0. The van der Waals surface area contributed by atoms with Crippen molar-refractivity contribution in [1.82, 2.24) is 0 Å². The first-order valence-corrected chi connectivity index (χ1v) is 5.23. The number of benzene rings is 2. The van der Waals surface area contributed by atoms with E-state index in [4.69, 9.17) is 0 Å². The van der Waals surface area contributed by atoms with Gasteiger partial charge in [0.2, 0.25) is 0 Å². The number of aryl methyl sites for hydroxylation is 1. The summed E-state index contributed by atoms with van der Waals surface area (Å²) in [5.41, 5.74) is 1.83. The van der Waals surface area contributed by atoms with E-state index in [1.807, 2.05) is 0 Å². The van der Waals surface area contributed by atoms with Crippen LogP contribution in [0, 0.1) is 24.4 Å². The summed E-state index contributed by atoms with van der Waals surface area (Å²) in [4.78, 5) is 10.7. The van der Waals surface area contributed by atoms with Crippen molar-refractivity contribution < 1.29 is 18.0 Å². The zero-order chi connectivity index (χ0) is 13.3. The smallest absolute Gasteiger partial charge is 0.194 e. The predicted molar refractivity (Wildman–Crippen MR) is 61.9 cm³/mol. The standard InChI is InChI=1S/C14H9F3O/c1-8-2-3-9(7-18)4-11(8)10-5-12(15)14(17)13(16)6-10/h2-7H,1H3. The maximum Gasteiger partial charge on any atom is 0.194 e. The van der Waals surface area contributed by atoms with Gasteiger partial charge in [-0.2, -0.15) is 0 Å². The van der Waals surface area contributed by atoms with E-state index < -0.39 is 17.5 Å². The molecule has 0 fully saturated rings. The Morgan fingerprint density at radius 3 is 2.17 bits per heavy atom. The molecule has 0 amide bonds. The normalized spacial score (nSPS) is 10.4. The van der Waals surface area contributed by atoms with Crippen molar-refractivity contribution in [1.29, 1.82) is 0 Å². The highest BCUT2D eigenvalue weighted by Crippen LogP contribution is 2.27. The van der Waals surface area contributed by atoms with E-state index >= 15 is 0 Å². The second-order valence-corrected chi connectivity index (χ2v) is 3.95. The van der Waals surface area contributed by atoms with Crippen molar-refractivity contribution in [2.45, 2.75) is 6.92 Å². The maximum absolute atomic E-state index is 13.2. The molecule has 0 atom stereocenters. The second-order valence-electron chi connectivity index (χ2n) is 3.95. The zero-order valence-corrected chi connectivity index (χ0v) is 9.51. The molecule has 0 saturated heterocycles. The van der Waals surface area contributed by atoms with Crippen LogP contribution >= 0.6 is 0 Å². The molecule has 0 bridgehead atoms. The van der Waals surface area contributed by atoms with Gasteiger partial charge < -0.3 is 0 Å². The van der Waals surface area contributed by atoms with Crippen LogP contribution in [0.1, 0.15) is 15.9 Å². The molecule has 1 nitrogen and oxygen atoms in total. The van der Waals surface area contributed by atoms with Crippen molar-refractivity contribution in [3.8, 4) is 11.1 Å². The van der Waals surface area contributed by atoms with Crippen LogP contribution in [-0.2, 0) is 0 Å². The molecule has 0 unspecified atom stereocenters. The first-order valence-electron chi connectivity index (χ1n) is 5.23. The van der Waals surface area contributed by atoms with Gasteiger partial charge in [0.1, 0.15) is 6.29 Å². The van der Waals surface area contributed by atoms with Gasteiger partial charge in [0.15, 0.2) is 17.5 Å². The van der Waals surface area contributed by atoms with Crippen molar-refractivity contribution in [3.05, 3.63) is 58.9 Å². The fourth-order valence-electron chi connectivity index (χ4n) is 1.73. The van der Waals surface area contributed by atoms with Gasteiger partial charge in [-0.15, -0.1) is 0 Å². The largest absolute Gasteiger partial charge is 0.298 e. The van der Waals surface area contributed by atoms with Crippen molar-refractivity contribution >= 4 is 6.29 Å². The monoisotopic (exact) mass is 250 g/mol. The van der Waals surface area contributed by atoms with Gasteiger partial charge in [0.25, 0.3) is 0 Å². The van der Waals surface area contributed by atoms with E-state index in [-0.39, 0.29) is 5.56 Å². The molecule has 0 spiro atoms. The molecular weight excluding hydrogens is 241 g/mol. The molecule has 0 radical (unpaired) electrons. The lowest BCUT2D eigenvalue weighted by molar-refractivity contribution is 0.112. The minimum absolute atomic E-state index is 0.201. The first-order chi connectivity index (χ1) is 8.52. The average molecular weight is 250 g/mol. The molecule has 2 aromatic rings. The summed E-state index contributed by atoms with van der Waals surface area (Å²) in [5.74, 6) is -4.00. The summed E-state index contributed by atoms with van der Waals surface area (Å²) >= 11 is 0. The highest BCUT2D eigenvalue weighted by Gasteiger charge is 2.13. The van der Waals surface area contributed by atoms with Crippen LogP contribution < -0.4 is 0 Å². The first kappa shape index (κ1) is 12.4. The molecule has 2 rings (SSSR count). The van der Waals surface area contributed by atoms with Crippen molar-refractivity contribution in [3.63, 3.8) is 0 Å². The molecular formula is C14H9F3O. The summed E-state index contributed by atoms with van der Waals surface area (Å²) in [6, 6.07) is 6.60. The van der Waals surface area contributed by atoms with Gasteiger partial charge in [-0.25, -0.2) is 13.2 Å². The molecule has 0 aliphatic carbocycles. The van der Waals surface area contributed by atoms with Crippen LogP contribution in [0.4, 0.5) is 13.2 Å². The van der Waals surface area contributed by atoms with Crippen LogP contribution in [0.15, 0.2) is 30.3 Å². The Kier molecular flexibility index (Phi) is 3.19. The van der Waals surface area contributed by atoms with E-state index in [1.54, 1.807) is 19.1 Å². The van der Waals surface area contributed by atoms with Crippen LogP contribution in [-0.4, -0.2) is 6.29 Å². The Labute approximate surface area is 102 Å². The number of carbonyl (C=O) groups excluding carboxylic acids is 1. The van der Waals surface area contributed by atoms with E-state index in [9.17, 15) is 18.0 Å².